The first-order chi connectivity index (χ1) is 9.88. The molecule has 1 saturated heterocycles. The normalized spacial score (nSPS) is 29.7. The van der Waals surface area contributed by atoms with Gasteiger partial charge in [0.15, 0.2) is 5.78 Å². The van der Waals surface area contributed by atoms with Gasteiger partial charge in [-0.25, -0.2) is 4.79 Å². The number of aliphatic hydroxyl groups excluding tert-OH is 1. The molecule has 0 saturated carbocycles. The highest BCUT2D eigenvalue weighted by atomic mass is 16.6. The van der Waals surface area contributed by atoms with Gasteiger partial charge in [-0.15, -0.1) is 0 Å². The van der Waals surface area contributed by atoms with Crippen molar-refractivity contribution < 1.29 is 34.1 Å². The lowest BCUT2D eigenvalue weighted by molar-refractivity contribution is -0.148. The van der Waals surface area contributed by atoms with Crippen LogP contribution in [0.1, 0.15) is 19.8 Å². The summed E-state index contributed by atoms with van der Waals surface area (Å²) >= 11 is 0. The Morgan fingerprint density at radius 3 is 2.90 bits per heavy atom. The van der Waals surface area contributed by atoms with Gasteiger partial charge in [0.25, 0.3) is 0 Å². The summed E-state index contributed by atoms with van der Waals surface area (Å²) in [5.41, 5.74) is 0.457. The molecule has 0 unspecified atom stereocenters. The highest BCUT2D eigenvalue weighted by molar-refractivity contribution is 6.09. The van der Waals surface area contributed by atoms with Gasteiger partial charge in [0.1, 0.15) is 18.9 Å². The van der Waals surface area contributed by atoms with Crippen molar-refractivity contribution in [2.24, 2.45) is 0 Å². The smallest absolute Gasteiger partial charge is 0.329 e. The van der Waals surface area contributed by atoms with Crippen LogP contribution in [0.3, 0.4) is 0 Å². The molecule has 2 aliphatic rings. The van der Waals surface area contributed by atoms with Crippen molar-refractivity contribution in [1.82, 2.24) is 4.90 Å². The number of hydrogen-bond acceptors (Lipinski definition) is 6. The summed E-state index contributed by atoms with van der Waals surface area (Å²) in [7, 11) is 0. The summed E-state index contributed by atoms with van der Waals surface area (Å²) < 4.78 is 10.4. The molecule has 1 amide bonds. The SMILES string of the molecule is CC1=CN([C@H]2C[C@H](O)[C@@H](COCC(=O)O)O2)C(=O)CC1=O. The molecule has 0 aliphatic carbocycles. The number of rotatable bonds is 5. The maximum atomic E-state index is 11.8. The van der Waals surface area contributed by atoms with E-state index in [1.807, 2.05) is 0 Å². The largest absolute Gasteiger partial charge is 0.480 e. The molecule has 3 atom stereocenters. The van der Waals surface area contributed by atoms with E-state index in [1.165, 1.54) is 11.1 Å². The second-order valence-electron chi connectivity index (χ2n) is 5.05. The van der Waals surface area contributed by atoms with E-state index in [4.69, 9.17) is 14.6 Å². The van der Waals surface area contributed by atoms with Gasteiger partial charge >= 0.3 is 5.97 Å². The minimum Gasteiger partial charge on any atom is -0.480 e. The van der Waals surface area contributed by atoms with Gasteiger partial charge in [0.2, 0.25) is 5.91 Å². The monoisotopic (exact) mass is 299 g/mol. The van der Waals surface area contributed by atoms with Gasteiger partial charge in [0, 0.05) is 18.2 Å². The molecule has 0 aromatic carbocycles. The van der Waals surface area contributed by atoms with Gasteiger partial charge in [-0.2, -0.15) is 0 Å². The number of amides is 1. The summed E-state index contributed by atoms with van der Waals surface area (Å²) in [6.45, 7) is 1.06. The van der Waals surface area contributed by atoms with E-state index in [0.717, 1.165) is 0 Å². The Kier molecular flexibility index (Phi) is 4.71. The number of aliphatic hydroxyl groups is 1. The third-order valence-electron chi connectivity index (χ3n) is 3.39. The maximum Gasteiger partial charge on any atom is 0.329 e. The number of carboxylic acid groups (broad SMARTS) is 1. The zero-order chi connectivity index (χ0) is 15.6. The van der Waals surface area contributed by atoms with Crippen molar-refractivity contribution >= 4 is 17.7 Å². The van der Waals surface area contributed by atoms with Gasteiger partial charge < -0.3 is 19.7 Å². The highest BCUT2D eigenvalue weighted by Gasteiger charge is 2.40. The van der Waals surface area contributed by atoms with Crippen molar-refractivity contribution in [2.75, 3.05) is 13.2 Å². The lowest BCUT2D eigenvalue weighted by atomic mass is 10.1. The molecular formula is C13H17NO7. The van der Waals surface area contributed by atoms with Crippen LogP contribution in [0, 0.1) is 0 Å². The van der Waals surface area contributed by atoms with Gasteiger partial charge in [-0.3, -0.25) is 14.5 Å². The third kappa shape index (κ3) is 3.66. The minimum atomic E-state index is -1.11. The van der Waals surface area contributed by atoms with Crippen LogP contribution in [0.4, 0.5) is 0 Å². The number of carboxylic acids is 1. The Labute approximate surface area is 120 Å². The topological polar surface area (TPSA) is 113 Å². The van der Waals surface area contributed by atoms with E-state index in [-0.39, 0.29) is 31.1 Å². The van der Waals surface area contributed by atoms with Crippen LogP contribution in [-0.2, 0) is 23.9 Å². The first-order valence-electron chi connectivity index (χ1n) is 6.54. The van der Waals surface area contributed by atoms with Crippen LogP contribution in [0.2, 0.25) is 0 Å². The van der Waals surface area contributed by atoms with Crippen molar-refractivity contribution in [3.63, 3.8) is 0 Å². The second kappa shape index (κ2) is 6.33. The fraction of sp³-hybridized carbons (Fsp3) is 0.615. The standard InChI is InChI=1S/C13H17NO7/c1-7-4-14(11(17)2-8(7)15)12-3-9(16)10(21-12)5-20-6-13(18)19/h4,9-10,12,16H,2-3,5-6H2,1H3,(H,18,19)/t9-,10+,12+/m0/s1. The molecule has 0 aromatic rings. The number of hydrogen-bond donors (Lipinski definition) is 2. The van der Waals surface area contributed by atoms with Crippen LogP contribution in [0.15, 0.2) is 11.8 Å². The minimum absolute atomic E-state index is 0.0758. The summed E-state index contributed by atoms with van der Waals surface area (Å²) in [6.07, 6.45) is -0.833. The first-order valence-corrected chi connectivity index (χ1v) is 6.54. The van der Waals surface area contributed by atoms with E-state index in [2.05, 4.69) is 0 Å². The number of Topliss-reactive ketones (excluding diaryl/α,β-unsaturated/α-hetero) is 1. The molecule has 2 aliphatic heterocycles. The Bertz CT molecular complexity index is 487. The predicted octanol–water partition coefficient (Wildman–Crippen LogP) is -0.731. The van der Waals surface area contributed by atoms with Gasteiger partial charge in [0.05, 0.1) is 19.1 Å². The average molecular weight is 299 g/mol. The second-order valence-corrected chi connectivity index (χ2v) is 5.05. The molecule has 8 heteroatoms. The fourth-order valence-corrected chi connectivity index (χ4v) is 2.26. The molecule has 2 heterocycles. The zero-order valence-corrected chi connectivity index (χ0v) is 11.5. The van der Waals surface area contributed by atoms with E-state index in [9.17, 15) is 19.5 Å². The molecule has 0 bridgehead atoms. The number of ketones is 1. The van der Waals surface area contributed by atoms with Crippen molar-refractivity contribution in [2.45, 2.75) is 38.2 Å². The summed E-state index contributed by atoms with van der Waals surface area (Å²) in [6, 6.07) is 0. The Morgan fingerprint density at radius 2 is 2.24 bits per heavy atom. The summed E-state index contributed by atoms with van der Waals surface area (Å²) in [5, 5.41) is 18.4. The van der Waals surface area contributed by atoms with E-state index >= 15 is 0 Å². The molecule has 21 heavy (non-hydrogen) atoms. The Hall–Kier alpha value is -1.77. The molecule has 8 nitrogen and oxygen atoms in total. The Morgan fingerprint density at radius 1 is 1.52 bits per heavy atom. The van der Waals surface area contributed by atoms with Gasteiger partial charge in [-0.05, 0) is 6.92 Å². The molecule has 0 spiro atoms. The number of carbonyl (C=O) groups excluding carboxylic acids is 2. The van der Waals surface area contributed by atoms with E-state index < -0.39 is 31.0 Å². The Balaban J connectivity index is 1.95. The van der Waals surface area contributed by atoms with Crippen molar-refractivity contribution in [3.8, 4) is 0 Å². The lowest BCUT2D eigenvalue weighted by Gasteiger charge is -2.28. The van der Waals surface area contributed by atoms with Crippen LogP contribution in [0.5, 0.6) is 0 Å². The van der Waals surface area contributed by atoms with Crippen molar-refractivity contribution in [3.05, 3.63) is 11.8 Å². The zero-order valence-electron chi connectivity index (χ0n) is 11.5. The average Bonchev–Trinajstić information content (AvgIpc) is 2.75. The quantitative estimate of drug-likeness (QED) is 0.643. The first kappa shape index (κ1) is 15.6. The lowest BCUT2D eigenvalue weighted by Crippen LogP contribution is -2.40. The molecule has 2 N–H and O–H groups in total. The van der Waals surface area contributed by atoms with Crippen LogP contribution in [-0.4, -0.2) is 64.4 Å². The van der Waals surface area contributed by atoms with E-state index in [1.54, 1.807) is 6.92 Å². The molecule has 0 radical (unpaired) electrons. The van der Waals surface area contributed by atoms with Crippen molar-refractivity contribution in [1.29, 1.82) is 0 Å². The molecule has 1 fully saturated rings. The number of ether oxygens (including phenoxy) is 2. The highest BCUT2D eigenvalue weighted by Crippen LogP contribution is 2.27. The third-order valence-corrected chi connectivity index (χ3v) is 3.39. The maximum absolute atomic E-state index is 11.8. The van der Waals surface area contributed by atoms with Crippen LogP contribution < -0.4 is 0 Å². The predicted molar refractivity (Wildman–Crippen MR) is 68.0 cm³/mol. The van der Waals surface area contributed by atoms with Crippen LogP contribution in [0.25, 0.3) is 0 Å². The summed E-state index contributed by atoms with van der Waals surface area (Å²) in [4.78, 5) is 34.9. The van der Waals surface area contributed by atoms with E-state index in [0.29, 0.717) is 5.57 Å². The number of allylic oxidation sites excluding steroid dienone is 1. The van der Waals surface area contributed by atoms with Crippen LogP contribution >= 0.6 is 0 Å². The molecule has 0 aromatic heterocycles. The fourth-order valence-electron chi connectivity index (χ4n) is 2.26. The number of carbonyl (C=O) groups is 3. The number of nitrogens with zero attached hydrogens (tertiary/aromatic N) is 1. The molecule has 116 valence electrons. The van der Waals surface area contributed by atoms with Gasteiger partial charge in [-0.1, -0.05) is 0 Å². The molecule has 2 rings (SSSR count). The number of aliphatic carboxylic acids is 1. The molecular weight excluding hydrogens is 282 g/mol. The summed E-state index contributed by atoms with van der Waals surface area (Å²) in [5.74, 6) is -1.71.